The maximum absolute atomic E-state index is 10.7. The van der Waals surface area contributed by atoms with Crippen molar-refractivity contribution in [3.8, 4) is 11.3 Å². The normalized spacial score (nSPS) is 20.3. The van der Waals surface area contributed by atoms with Crippen LogP contribution in [0.4, 0.5) is 0 Å². The molecule has 1 aromatic rings. The molecule has 128 valence electrons. The SMILES string of the molecule is CCCCN=c1ccc2c3c4c(cccc4oc-2c1)C(C)(O)C(O)=C3. The number of hydrogen-bond donors (Lipinski definition) is 2. The van der Waals surface area contributed by atoms with Gasteiger partial charge in [-0.15, -0.1) is 0 Å². The summed E-state index contributed by atoms with van der Waals surface area (Å²) in [4.78, 5) is 4.59. The fraction of sp³-hybridized carbons (Fsp3) is 0.286. The van der Waals surface area contributed by atoms with E-state index < -0.39 is 5.60 Å². The Morgan fingerprint density at radius 1 is 1.20 bits per heavy atom. The molecule has 2 N–H and O–H groups in total. The molecule has 0 spiro atoms. The van der Waals surface area contributed by atoms with Crippen LogP contribution in [0, 0.1) is 0 Å². The van der Waals surface area contributed by atoms with Crippen molar-refractivity contribution in [1.29, 1.82) is 0 Å². The zero-order valence-corrected chi connectivity index (χ0v) is 14.4. The second kappa shape index (κ2) is 5.74. The zero-order valence-electron chi connectivity index (χ0n) is 14.4. The zero-order chi connectivity index (χ0) is 17.6. The Labute approximate surface area is 146 Å². The number of hydrogen-bond acceptors (Lipinski definition) is 4. The van der Waals surface area contributed by atoms with Crippen molar-refractivity contribution in [2.24, 2.45) is 4.99 Å². The number of unbranched alkanes of at least 4 members (excludes halogenated alkanes) is 1. The Hall–Kier alpha value is -2.59. The molecule has 1 aliphatic heterocycles. The summed E-state index contributed by atoms with van der Waals surface area (Å²) in [5.74, 6) is 0.666. The van der Waals surface area contributed by atoms with Gasteiger partial charge in [0, 0.05) is 34.7 Å². The lowest BCUT2D eigenvalue weighted by molar-refractivity contribution is 0.0529. The van der Waals surface area contributed by atoms with E-state index in [1.807, 2.05) is 36.4 Å². The Morgan fingerprint density at radius 2 is 2.04 bits per heavy atom. The predicted molar refractivity (Wildman–Crippen MR) is 98.4 cm³/mol. The van der Waals surface area contributed by atoms with Gasteiger partial charge in [-0.2, -0.15) is 0 Å². The lowest BCUT2D eigenvalue weighted by atomic mass is 9.82. The van der Waals surface area contributed by atoms with Crippen molar-refractivity contribution in [2.75, 3.05) is 6.54 Å². The summed E-state index contributed by atoms with van der Waals surface area (Å²) < 4.78 is 6.10. The van der Waals surface area contributed by atoms with Crippen molar-refractivity contribution in [2.45, 2.75) is 32.3 Å². The number of aliphatic hydroxyl groups excluding tert-OH is 1. The second-order valence-electron chi connectivity index (χ2n) is 6.71. The summed E-state index contributed by atoms with van der Waals surface area (Å²) in [6.45, 7) is 4.54. The maximum atomic E-state index is 10.7. The number of fused-ring (bicyclic) bond motifs is 2. The molecule has 4 heteroatoms. The second-order valence-corrected chi connectivity index (χ2v) is 6.71. The van der Waals surface area contributed by atoms with Gasteiger partial charge in [0.15, 0.2) is 0 Å². The van der Waals surface area contributed by atoms with Crippen LogP contribution in [0.15, 0.2) is 51.6 Å². The van der Waals surface area contributed by atoms with Gasteiger partial charge >= 0.3 is 0 Å². The molecule has 1 heterocycles. The minimum Gasteiger partial charge on any atom is -0.509 e. The van der Waals surface area contributed by atoms with Gasteiger partial charge in [-0.1, -0.05) is 25.5 Å². The van der Waals surface area contributed by atoms with Gasteiger partial charge in [-0.05, 0) is 37.6 Å². The van der Waals surface area contributed by atoms with Crippen LogP contribution < -0.4 is 5.36 Å². The van der Waals surface area contributed by atoms with E-state index in [1.54, 1.807) is 13.0 Å². The molecule has 1 atom stereocenters. The molecule has 0 saturated carbocycles. The topological polar surface area (TPSA) is 66.0 Å². The van der Waals surface area contributed by atoms with E-state index in [2.05, 4.69) is 11.9 Å². The summed E-state index contributed by atoms with van der Waals surface area (Å²) in [6, 6.07) is 11.4. The van der Waals surface area contributed by atoms with Gasteiger partial charge in [0.05, 0.1) is 5.36 Å². The highest BCUT2D eigenvalue weighted by molar-refractivity contribution is 5.99. The third-order valence-corrected chi connectivity index (χ3v) is 4.88. The molecule has 1 aromatic carbocycles. The highest BCUT2D eigenvalue weighted by Crippen LogP contribution is 2.44. The molecular formula is C21H21NO3. The van der Waals surface area contributed by atoms with Crippen LogP contribution in [-0.4, -0.2) is 16.8 Å². The van der Waals surface area contributed by atoms with Gasteiger partial charge in [0.2, 0.25) is 0 Å². The van der Waals surface area contributed by atoms with Gasteiger partial charge < -0.3 is 14.6 Å². The Kier molecular flexibility index (Phi) is 3.65. The summed E-state index contributed by atoms with van der Waals surface area (Å²) in [5, 5.41) is 22.8. The van der Waals surface area contributed by atoms with Crippen LogP contribution in [0.25, 0.3) is 28.4 Å². The van der Waals surface area contributed by atoms with Crippen LogP contribution in [0.2, 0.25) is 0 Å². The molecule has 0 fully saturated rings. The van der Waals surface area contributed by atoms with Crippen LogP contribution >= 0.6 is 0 Å². The number of nitrogens with zero attached hydrogens (tertiary/aromatic N) is 1. The molecule has 4 rings (SSSR count). The Bertz CT molecular complexity index is 1030. The van der Waals surface area contributed by atoms with E-state index in [1.165, 1.54) is 0 Å². The van der Waals surface area contributed by atoms with E-state index in [4.69, 9.17) is 4.42 Å². The van der Waals surface area contributed by atoms with E-state index >= 15 is 0 Å². The third-order valence-electron chi connectivity index (χ3n) is 4.88. The lowest BCUT2D eigenvalue weighted by Gasteiger charge is -2.30. The first-order valence-corrected chi connectivity index (χ1v) is 8.66. The molecule has 0 amide bonds. The molecule has 25 heavy (non-hydrogen) atoms. The van der Waals surface area contributed by atoms with Gasteiger partial charge in [0.1, 0.15) is 22.7 Å². The van der Waals surface area contributed by atoms with Crippen LogP contribution in [0.3, 0.4) is 0 Å². The summed E-state index contributed by atoms with van der Waals surface area (Å²) in [7, 11) is 0. The molecule has 0 saturated heterocycles. The largest absolute Gasteiger partial charge is 0.509 e. The van der Waals surface area contributed by atoms with Gasteiger partial charge in [0.25, 0.3) is 0 Å². The first kappa shape index (κ1) is 15.9. The minimum atomic E-state index is -1.41. The quantitative estimate of drug-likeness (QED) is 0.552. The van der Waals surface area contributed by atoms with E-state index in [9.17, 15) is 10.2 Å². The van der Waals surface area contributed by atoms with Crippen molar-refractivity contribution in [1.82, 2.24) is 0 Å². The molecule has 2 aliphatic carbocycles. The number of rotatable bonds is 3. The summed E-state index contributed by atoms with van der Waals surface area (Å²) >= 11 is 0. The van der Waals surface area contributed by atoms with E-state index in [0.717, 1.165) is 47.0 Å². The molecule has 0 aromatic heterocycles. The van der Waals surface area contributed by atoms with Crippen LogP contribution in [0.5, 0.6) is 0 Å². The maximum Gasteiger partial charge on any atom is 0.144 e. The van der Waals surface area contributed by atoms with Crippen molar-refractivity contribution in [3.05, 3.63) is 58.6 Å². The lowest BCUT2D eigenvalue weighted by Crippen LogP contribution is -2.26. The van der Waals surface area contributed by atoms with E-state index in [-0.39, 0.29) is 5.76 Å². The molecule has 4 nitrogen and oxygen atoms in total. The monoisotopic (exact) mass is 335 g/mol. The Balaban J connectivity index is 2.01. The third kappa shape index (κ3) is 2.45. The molecule has 0 bridgehead atoms. The average Bonchev–Trinajstić information content (AvgIpc) is 2.59. The number of benzene rings is 2. The van der Waals surface area contributed by atoms with Gasteiger partial charge in [-0.3, -0.25) is 4.99 Å². The first-order valence-electron chi connectivity index (χ1n) is 8.66. The van der Waals surface area contributed by atoms with Crippen molar-refractivity contribution in [3.63, 3.8) is 0 Å². The van der Waals surface area contributed by atoms with Crippen molar-refractivity contribution >= 4 is 17.0 Å². The van der Waals surface area contributed by atoms with Gasteiger partial charge in [-0.25, -0.2) is 0 Å². The van der Waals surface area contributed by atoms with Crippen LogP contribution in [-0.2, 0) is 5.60 Å². The molecule has 1 unspecified atom stereocenters. The highest BCUT2D eigenvalue weighted by atomic mass is 16.3. The van der Waals surface area contributed by atoms with E-state index in [0.29, 0.717) is 11.1 Å². The fourth-order valence-corrected chi connectivity index (χ4v) is 3.40. The van der Waals surface area contributed by atoms with Crippen LogP contribution in [0.1, 0.15) is 37.8 Å². The standard InChI is InChI=1S/C21H21NO3/c1-3-4-10-22-13-8-9-14-15-12-19(23)21(2,24)16-6-5-7-17(20(15)16)25-18(14)11-13/h5-9,11-12,23-24H,3-4,10H2,1-2H3. The Morgan fingerprint density at radius 3 is 2.84 bits per heavy atom. The minimum absolute atomic E-state index is 0.0586. The predicted octanol–water partition coefficient (Wildman–Crippen LogP) is 4.36. The molecule has 0 radical (unpaired) electrons. The smallest absolute Gasteiger partial charge is 0.144 e. The average molecular weight is 335 g/mol. The molecule has 3 aliphatic rings. The highest BCUT2D eigenvalue weighted by Gasteiger charge is 2.35. The summed E-state index contributed by atoms with van der Waals surface area (Å²) in [5.41, 5.74) is 1.70. The first-order chi connectivity index (χ1) is 12.0. The number of aliphatic hydroxyl groups is 2. The van der Waals surface area contributed by atoms with Crippen molar-refractivity contribution < 1.29 is 14.6 Å². The fourth-order valence-electron chi connectivity index (χ4n) is 3.40. The summed E-state index contributed by atoms with van der Waals surface area (Å²) in [6.07, 6.45) is 3.82. The molecular weight excluding hydrogens is 314 g/mol.